The number of hydrogen-bond acceptors (Lipinski definition) is 5. The quantitative estimate of drug-likeness (QED) is 0.737. The van der Waals surface area contributed by atoms with Gasteiger partial charge in [0.25, 0.3) is 0 Å². The molecule has 0 aliphatic carbocycles. The van der Waals surface area contributed by atoms with Crippen LogP contribution in [0.25, 0.3) is 5.65 Å². The first kappa shape index (κ1) is 11.7. The zero-order valence-corrected chi connectivity index (χ0v) is 10.1. The van der Waals surface area contributed by atoms with Crippen LogP contribution in [0.1, 0.15) is 6.92 Å². The van der Waals surface area contributed by atoms with Crippen molar-refractivity contribution in [1.29, 1.82) is 0 Å². The Morgan fingerprint density at radius 1 is 1.47 bits per heavy atom. The molecule has 0 aliphatic rings. The molecule has 0 radical (unpaired) electrons. The van der Waals surface area contributed by atoms with Gasteiger partial charge < -0.3 is 19.8 Å². The van der Waals surface area contributed by atoms with Gasteiger partial charge in [0, 0.05) is 32.6 Å². The van der Waals surface area contributed by atoms with Gasteiger partial charge in [-0.2, -0.15) is 0 Å². The maximum absolute atomic E-state index is 5.27. The van der Waals surface area contributed by atoms with Gasteiger partial charge in [-0.1, -0.05) is 0 Å². The van der Waals surface area contributed by atoms with Crippen molar-refractivity contribution in [2.24, 2.45) is 0 Å². The van der Waals surface area contributed by atoms with Crippen LogP contribution in [-0.4, -0.2) is 41.2 Å². The highest BCUT2D eigenvalue weighted by Gasteiger charge is 2.05. The van der Waals surface area contributed by atoms with E-state index in [1.54, 1.807) is 6.20 Å². The largest absolute Gasteiger partial charge is 0.380 e. The summed E-state index contributed by atoms with van der Waals surface area (Å²) in [7, 11) is 1.84. The molecule has 6 nitrogen and oxygen atoms in total. The Balaban J connectivity index is 2.16. The first-order valence-electron chi connectivity index (χ1n) is 5.68. The van der Waals surface area contributed by atoms with Crippen molar-refractivity contribution >= 4 is 17.3 Å². The molecule has 0 saturated heterocycles. The average Bonchev–Trinajstić information content (AvgIpc) is 2.82. The maximum atomic E-state index is 5.27. The van der Waals surface area contributed by atoms with Gasteiger partial charge in [-0.05, 0) is 6.92 Å². The summed E-state index contributed by atoms with van der Waals surface area (Å²) < 4.78 is 7.20. The molecule has 2 N–H and O–H groups in total. The van der Waals surface area contributed by atoms with Gasteiger partial charge in [0.05, 0.1) is 12.8 Å². The molecule has 0 fully saturated rings. The lowest BCUT2D eigenvalue weighted by Crippen LogP contribution is -2.12. The normalized spacial score (nSPS) is 10.7. The number of aromatic nitrogens is 3. The van der Waals surface area contributed by atoms with Crippen LogP contribution in [0.3, 0.4) is 0 Å². The van der Waals surface area contributed by atoms with E-state index in [2.05, 4.69) is 20.6 Å². The van der Waals surface area contributed by atoms with Crippen LogP contribution >= 0.6 is 0 Å². The lowest BCUT2D eigenvalue weighted by Gasteiger charge is -2.09. The molecule has 0 aromatic carbocycles. The fourth-order valence-electron chi connectivity index (χ4n) is 1.56. The zero-order chi connectivity index (χ0) is 12.1. The van der Waals surface area contributed by atoms with Gasteiger partial charge in [-0.15, -0.1) is 0 Å². The van der Waals surface area contributed by atoms with E-state index in [0.717, 1.165) is 30.4 Å². The minimum atomic E-state index is 0.662. The van der Waals surface area contributed by atoms with Crippen LogP contribution in [0.2, 0.25) is 0 Å². The SMILES string of the molecule is CCOCCNc1nc(NC)cn2ccnc12. The van der Waals surface area contributed by atoms with E-state index in [9.17, 15) is 0 Å². The Bertz CT molecular complexity index is 482. The van der Waals surface area contributed by atoms with Crippen LogP contribution in [0.15, 0.2) is 18.6 Å². The number of imidazole rings is 1. The summed E-state index contributed by atoms with van der Waals surface area (Å²) in [5.74, 6) is 1.57. The van der Waals surface area contributed by atoms with E-state index < -0.39 is 0 Å². The monoisotopic (exact) mass is 235 g/mol. The Kier molecular flexibility index (Phi) is 3.77. The Labute approximate surface area is 100 Å². The van der Waals surface area contributed by atoms with Gasteiger partial charge in [-0.25, -0.2) is 9.97 Å². The van der Waals surface area contributed by atoms with Crippen LogP contribution in [0.4, 0.5) is 11.6 Å². The van der Waals surface area contributed by atoms with Gasteiger partial charge in [0.15, 0.2) is 11.5 Å². The smallest absolute Gasteiger partial charge is 0.180 e. The van der Waals surface area contributed by atoms with Crippen LogP contribution in [0, 0.1) is 0 Å². The molecule has 17 heavy (non-hydrogen) atoms. The van der Waals surface area contributed by atoms with E-state index in [4.69, 9.17) is 4.74 Å². The van der Waals surface area contributed by atoms with Crippen molar-refractivity contribution in [3.63, 3.8) is 0 Å². The van der Waals surface area contributed by atoms with Gasteiger partial charge in [0.2, 0.25) is 0 Å². The van der Waals surface area contributed by atoms with Gasteiger partial charge in [-0.3, -0.25) is 0 Å². The zero-order valence-electron chi connectivity index (χ0n) is 10.1. The number of hydrogen-bond donors (Lipinski definition) is 2. The predicted molar refractivity (Wildman–Crippen MR) is 67.5 cm³/mol. The highest BCUT2D eigenvalue weighted by Crippen LogP contribution is 2.15. The van der Waals surface area contributed by atoms with Crippen LogP contribution < -0.4 is 10.6 Å². The highest BCUT2D eigenvalue weighted by molar-refractivity contribution is 5.65. The van der Waals surface area contributed by atoms with Gasteiger partial charge in [0.1, 0.15) is 5.82 Å². The van der Waals surface area contributed by atoms with Gasteiger partial charge >= 0.3 is 0 Å². The van der Waals surface area contributed by atoms with E-state index in [1.165, 1.54) is 0 Å². The van der Waals surface area contributed by atoms with E-state index in [-0.39, 0.29) is 0 Å². The second-order valence-electron chi connectivity index (χ2n) is 3.51. The molecule has 0 bridgehead atoms. The second-order valence-corrected chi connectivity index (χ2v) is 3.51. The second kappa shape index (κ2) is 5.49. The molecule has 92 valence electrons. The number of nitrogens with zero attached hydrogens (tertiary/aromatic N) is 3. The molecular formula is C11H17N5O. The van der Waals surface area contributed by atoms with E-state index in [0.29, 0.717) is 6.61 Å². The first-order chi connectivity index (χ1) is 8.35. The number of fused-ring (bicyclic) bond motifs is 1. The van der Waals surface area contributed by atoms with Crippen molar-refractivity contribution < 1.29 is 4.74 Å². The molecule has 2 aromatic rings. The molecular weight excluding hydrogens is 218 g/mol. The molecule has 0 saturated carbocycles. The number of ether oxygens (including phenoxy) is 1. The summed E-state index contributed by atoms with van der Waals surface area (Å²) in [6.45, 7) is 4.09. The Morgan fingerprint density at radius 3 is 3.12 bits per heavy atom. The molecule has 2 aromatic heterocycles. The molecule has 0 aliphatic heterocycles. The van der Waals surface area contributed by atoms with Crippen LogP contribution in [-0.2, 0) is 4.74 Å². The summed E-state index contributed by atoms with van der Waals surface area (Å²) in [5.41, 5.74) is 0.820. The Hall–Kier alpha value is -1.82. The van der Waals surface area contributed by atoms with E-state index >= 15 is 0 Å². The molecule has 2 rings (SSSR count). The molecule has 0 unspecified atom stereocenters. The lowest BCUT2D eigenvalue weighted by atomic mass is 10.5. The fraction of sp³-hybridized carbons (Fsp3) is 0.455. The fourth-order valence-corrected chi connectivity index (χ4v) is 1.56. The molecule has 0 amide bonds. The predicted octanol–water partition coefficient (Wildman–Crippen LogP) is 1.22. The average molecular weight is 235 g/mol. The summed E-state index contributed by atoms with van der Waals surface area (Å²) in [6, 6.07) is 0. The van der Waals surface area contributed by atoms with Crippen molar-refractivity contribution in [3.8, 4) is 0 Å². The molecule has 2 heterocycles. The first-order valence-corrected chi connectivity index (χ1v) is 5.68. The number of anilines is 2. The standard InChI is InChI=1S/C11H17N5O/c1-3-17-7-5-13-10-11-14-4-6-16(11)8-9(12-2)15-10/h4,6,8,12H,3,5,7H2,1-2H3,(H,13,15). The topological polar surface area (TPSA) is 63.5 Å². The summed E-state index contributed by atoms with van der Waals surface area (Å²) >= 11 is 0. The molecule has 0 atom stereocenters. The molecule has 0 spiro atoms. The van der Waals surface area contributed by atoms with Crippen LogP contribution in [0.5, 0.6) is 0 Å². The maximum Gasteiger partial charge on any atom is 0.180 e. The van der Waals surface area contributed by atoms with Crippen molar-refractivity contribution in [1.82, 2.24) is 14.4 Å². The molecule has 6 heteroatoms. The van der Waals surface area contributed by atoms with Crippen molar-refractivity contribution in [3.05, 3.63) is 18.6 Å². The minimum absolute atomic E-state index is 0.662. The summed E-state index contributed by atoms with van der Waals surface area (Å²) in [6.07, 6.45) is 5.55. The number of nitrogens with one attached hydrogen (secondary N) is 2. The number of rotatable bonds is 6. The van der Waals surface area contributed by atoms with E-state index in [1.807, 2.05) is 30.8 Å². The third kappa shape index (κ3) is 2.65. The minimum Gasteiger partial charge on any atom is -0.380 e. The summed E-state index contributed by atoms with van der Waals surface area (Å²) in [5, 5.41) is 6.24. The lowest BCUT2D eigenvalue weighted by molar-refractivity contribution is 0.158. The van der Waals surface area contributed by atoms with Crippen molar-refractivity contribution in [2.75, 3.05) is 37.4 Å². The third-order valence-electron chi connectivity index (χ3n) is 2.37. The Morgan fingerprint density at radius 2 is 2.35 bits per heavy atom. The van der Waals surface area contributed by atoms with Crippen molar-refractivity contribution in [2.45, 2.75) is 6.92 Å². The third-order valence-corrected chi connectivity index (χ3v) is 2.37. The summed E-state index contributed by atoms with van der Waals surface area (Å²) in [4.78, 5) is 8.69. The highest BCUT2D eigenvalue weighted by atomic mass is 16.5.